The summed E-state index contributed by atoms with van der Waals surface area (Å²) in [5.74, 6) is -2.34. The van der Waals surface area contributed by atoms with Crippen LogP contribution in [0.5, 0.6) is 0 Å². The largest absolute Gasteiger partial charge is 0.441 e. The molecule has 1 N–H and O–H groups in total. The van der Waals surface area contributed by atoms with Crippen molar-refractivity contribution in [2.45, 2.75) is 45.1 Å². The molecule has 0 aromatic carbocycles. The monoisotopic (exact) mass is 389 g/mol. The molecule has 0 saturated heterocycles. The molecule has 9 nitrogen and oxygen atoms in total. The summed E-state index contributed by atoms with van der Waals surface area (Å²) in [5.41, 5.74) is 0.702. The number of Topliss-reactive ketones (excluding diaryl/α,β-unsaturated/α-hetero) is 2. The molecule has 0 amide bonds. The number of rotatable bonds is 9. The van der Waals surface area contributed by atoms with E-state index in [-0.39, 0.29) is 30.5 Å². The first kappa shape index (κ1) is 20.2. The van der Waals surface area contributed by atoms with Gasteiger partial charge < -0.3 is 9.88 Å². The molecule has 3 rings (SSSR count). The molecule has 1 atom stereocenters. The van der Waals surface area contributed by atoms with Crippen molar-refractivity contribution < 1.29 is 14.1 Å². The van der Waals surface area contributed by atoms with E-state index >= 15 is 0 Å². The molecular formula is C19H27N5O4. The molecule has 1 aliphatic rings. The van der Waals surface area contributed by atoms with Crippen LogP contribution in [0.2, 0.25) is 0 Å². The molecule has 2 aromatic rings. The Labute approximate surface area is 163 Å². The summed E-state index contributed by atoms with van der Waals surface area (Å²) in [4.78, 5) is 47.4. The first-order chi connectivity index (χ1) is 13.5. The van der Waals surface area contributed by atoms with Gasteiger partial charge in [-0.05, 0) is 26.9 Å². The van der Waals surface area contributed by atoms with Gasteiger partial charge in [0.25, 0.3) is 0 Å². The molecule has 2 heterocycles. The number of carbonyl (C=O) groups is 2. The maximum Gasteiger partial charge on any atom is 0.441 e. The molecule has 1 fully saturated rings. The fourth-order valence-corrected chi connectivity index (χ4v) is 3.71. The van der Waals surface area contributed by atoms with Gasteiger partial charge in [0, 0.05) is 37.3 Å². The Morgan fingerprint density at radius 1 is 1.32 bits per heavy atom. The van der Waals surface area contributed by atoms with Gasteiger partial charge in [0.2, 0.25) is 11.6 Å². The van der Waals surface area contributed by atoms with Gasteiger partial charge in [0.15, 0.2) is 0 Å². The number of aromatic amines is 1. The van der Waals surface area contributed by atoms with Gasteiger partial charge in [-0.25, -0.2) is 9.78 Å². The van der Waals surface area contributed by atoms with Crippen LogP contribution in [-0.4, -0.2) is 56.8 Å². The molecule has 28 heavy (non-hydrogen) atoms. The molecular weight excluding hydrogens is 362 g/mol. The Kier molecular flexibility index (Phi) is 6.56. The zero-order valence-electron chi connectivity index (χ0n) is 16.4. The maximum absolute atomic E-state index is 13.3. The summed E-state index contributed by atoms with van der Waals surface area (Å²) in [7, 11) is 3.74. The molecule has 0 aliphatic heterocycles. The Bertz CT molecular complexity index is 846. The summed E-state index contributed by atoms with van der Waals surface area (Å²) in [6.07, 6.45) is 8.06. The van der Waals surface area contributed by atoms with Crippen molar-refractivity contribution in [3.8, 4) is 0 Å². The van der Waals surface area contributed by atoms with E-state index in [1.165, 1.54) is 10.9 Å². The minimum Gasteiger partial charge on any atom is -0.348 e. The number of aromatic nitrogens is 4. The summed E-state index contributed by atoms with van der Waals surface area (Å²) in [5, 5.41) is 3.70. The van der Waals surface area contributed by atoms with Gasteiger partial charge in [-0.1, -0.05) is 24.4 Å². The lowest BCUT2D eigenvalue weighted by atomic mass is 9.79. The van der Waals surface area contributed by atoms with Crippen molar-refractivity contribution in [2.75, 3.05) is 20.6 Å². The van der Waals surface area contributed by atoms with Crippen molar-refractivity contribution in [2.24, 2.45) is 11.8 Å². The lowest BCUT2D eigenvalue weighted by Gasteiger charge is -2.24. The minimum absolute atomic E-state index is 0.0751. The van der Waals surface area contributed by atoms with Gasteiger partial charge in [0.05, 0.1) is 12.2 Å². The molecule has 152 valence electrons. The highest BCUT2D eigenvalue weighted by atomic mass is 16.5. The number of hydrogen-bond donors (Lipinski definition) is 1. The molecule has 9 heteroatoms. The third-order valence-electron chi connectivity index (χ3n) is 5.32. The number of carbonyl (C=O) groups excluding carboxylic acids is 2. The Balaban J connectivity index is 1.88. The number of likely N-dealkylation sites (N-methyl/N-ethyl adjacent to an activating group) is 1. The van der Waals surface area contributed by atoms with Gasteiger partial charge >= 0.3 is 5.76 Å². The number of imidazole rings is 1. The van der Waals surface area contributed by atoms with Crippen molar-refractivity contribution in [3.63, 3.8) is 0 Å². The maximum atomic E-state index is 13.3. The van der Waals surface area contributed by atoms with E-state index in [1.807, 2.05) is 19.0 Å². The average Bonchev–Trinajstić information content (AvgIpc) is 3.33. The lowest BCUT2D eigenvalue weighted by molar-refractivity contribution is -0.126. The Morgan fingerprint density at radius 2 is 2.07 bits per heavy atom. The quantitative estimate of drug-likeness (QED) is 0.508. The van der Waals surface area contributed by atoms with Crippen molar-refractivity contribution in [1.29, 1.82) is 0 Å². The Hall–Kier alpha value is -2.55. The third kappa shape index (κ3) is 4.64. The molecule has 0 radical (unpaired) electrons. The average molecular weight is 389 g/mol. The molecule has 0 bridgehead atoms. The first-order valence-electron chi connectivity index (χ1n) is 9.73. The van der Waals surface area contributed by atoms with Crippen LogP contribution in [0.4, 0.5) is 0 Å². The van der Waals surface area contributed by atoms with E-state index in [0.29, 0.717) is 12.2 Å². The predicted octanol–water partition coefficient (Wildman–Crippen LogP) is 1.31. The minimum atomic E-state index is -0.904. The fraction of sp³-hybridized carbons (Fsp3) is 0.632. The molecule has 1 saturated carbocycles. The number of H-pyrrole nitrogens is 1. The topological polar surface area (TPSA) is 114 Å². The summed E-state index contributed by atoms with van der Waals surface area (Å²) in [6.45, 7) is 0.813. The molecule has 1 aliphatic carbocycles. The van der Waals surface area contributed by atoms with E-state index in [0.717, 1.165) is 32.1 Å². The van der Waals surface area contributed by atoms with Crippen LogP contribution in [0.15, 0.2) is 21.8 Å². The standard InChI is InChI=1S/C19H27N5O4/c1-23(2)8-9-24-18(22-28-19(24)27)17(26)15(10-14-11-20-12-21-14)16(25)13-6-4-3-5-7-13/h11-13,15H,3-10H2,1-2H3,(H,20,21)/t15-/m1/s1. The van der Waals surface area contributed by atoms with Crippen LogP contribution in [-0.2, 0) is 17.8 Å². The summed E-state index contributed by atoms with van der Waals surface area (Å²) in [6, 6.07) is 0. The van der Waals surface area contributed by atoms with Gasteiger partial charge in [-0.3, -0.25) is 18.7 Å². The van der Waals surface area contributed by atoms with Crippen LogP contribution in [0, 0.1) is 11.8 Å². The predicted molar refractivity (Wildman–Crippen MR) is 101 cm³/mol. The van der Waals surface area contributed by atoms with E-state index < -0.39 is 17.5 Å². The van der Waals surface area contributed by atoms with E-state index in [9.17, 15) is 14.4 Å². The zero-order chi connectivity index (χ0) is 20.1. The third-order valence-corrected chi connectivity index (χ3v) is 5.32. The van der Waals surface area contributed by atoms with Crippen LogP contribution >= 0.6 is 0 Å². The summed E-state index contributed by atoms with van der Waals surface area (Å²) < 4.78 is 5.96. The number of hydrogen-bond acceptors (Lipinski definition) is 7. The van der Waals surface area contributed by atoms with Gasteiger partial charge in [0.1, 0.15) is 5.78 Å². The van der Waals surface area contributed by atoms with Crippen molar-refractivity contribution in [3.05, 3.63) is 34.6 Å². The van der Waals surface area contributed by atoms with Crippen LogP contribution < -0.4 is 5.76 Å². The normalized spacial score (nSPS) is 16.4. The highest BCUT2D eigenvalue weighted by Crippen LogP contribution is 2.29. The lowest BCUT2D eigenvalue weighted by Crippen LogP contribution is -2.35. The number of ketones is 2. The SMILES string of the molecule is CN(C)CCn1c(C(=O)[C@H](Cc2cnc[nH]2)C(=O)C2CCCCC2)noc1=O. The fourth-order valence-electron chi connectivity index (χ4n) is 3.71. The van der Waals surface area contributed by atoms with E-state index in [1.54, 1.807) is 6.20 Å². The number of nitrogens with one attached hydrogen (secondary N) is 1. The van der Waals surface area contributed by atoms with Crippen LogP contribution in [0.3, 0.4) is 0 Å². The molecule has 0 spiro atoms. The van der Waals surface area contributed by atoms with Gasteiger partial charge in [-0.2, -0.15) is 0 Å². The number of nitrogens with zero attached hydrogens (tertiary/aromatic N) is 4. The second kappa shape index (κ2) is 9.09. The van der Waals surface area contributed by atoms with Crippen molar-refractivity contribution in [1.82, 2.24) is 24.6 Å². The highest BCUT2D eigenvalue weighted by Gasteiger charge is 2.36. The van der Waals surface area contributed by atoms with E-state index in [2.05, 4.69) is 15.1 Å². The zero-order valence-corrected chi connectivity index (χ0v) is 16.4. The van der Waals surface area contributed by atoms with Crippen LogP contribution in [0.1, 0.15) is 48.4 Å². The highest BCUT2D eigenvalue weighted by molar-refractivity contribution is 6.09. The van der Waals surface area contributed by atoms with Crippen LogP contribution in [0.25, 0.3) is 0 Å². The second-order valence-corrected chi connectivity index (χ2v) is 7.66. The summed E-state index contributed by atoms with van der Waals surface area (Å²) >= 11 is 0. The smallest absolute Gasteiger partial charge is 0.348 e. The second-order valence-electron chi connectivity index (χ2n) is 7.66. The Morgan fingerprint density at radius 3 is 2.71 bits per heavy atom. The molecule has 0 unspecified atom stereocenters. The van der Waals surface area contributed by atoms with E-state index in [4.69, 9.17) is 4.52 Å². The van der Waals surface area contributed by atoms with Gasteiger partial charge in [-0.15, -0.1) is 0 Å². The van der Waals surface area contributed by atoms with Crippen molar-refractivity contribution >= 4 is 11.6 Å². The molecule has 2 aromatic heterocycles. The first-order valence-corrected chi connectivity index (χ1v) is 9.73.